The molecule has 0 bridgehead atoms. The van der Waals surface area contributed by atoms with Crippen molar-refractivity contribution in [2.45, 2.75) is 32.1 Å². The van der Waals surface area contributed by atoms with E-state index in [1.807, 2.05) is 18.2 Å². The summed E-state index contributed by atoms with van der Waals surface area (Å²) in [5.41, 5.74) is 1.18. The average molecular weight is 228 g/mol. The first-order valence-electron chi connectivity index (χ1n) is 6.58. The molecule has 1 fully saturated rings. The van der Waals surface area contributed by atoms with Crippen molar-refractivity contribution in [1.82, 2.24) is 0 Å². The van der Waals surface area contributed by atoms with Crippen LogP contribution >= 0.6 is 0 Å². The highest BCUT2D eigenvalue weighted by atomic mass is 16.1. The fraction of sp³-hybridized carbons (Fsp3) is 0.438. The zero-order valence-corrected chi connectivity index (χ0v) is 10.2. The first-order valence-corrected chi connectivity index (χ1v) is 6.58. The van der Waals surface area contributed by atoms with E-state index in [9.17, 15) is 4.79 Å². The Kier molecular flexibility index (Phi) is 4.54. The van der Waals surface area contributed by atoms with Crippen LogP contribution in [0.2, 0.25) is 0 Å². The van der Waals surface area contributed by atoms with E-state index in [4.69, 9.17) is 0 Å². The van der Waals surface area contributed by atoms with Crippen molar-refractivity contribution in [2.24, 2.45) is 11.8 Å². The molecule has 1 atom stereocenters. The van der Waals surface area contributed by atoms with Gasteiger partial charge in [-0.15, -0.1) is 0 Å². The van der Waals surface area contributed by atoms with Gasteiger partial charge in [-0.25, -0.2) is 0 Å². The normalized spacial score (nSPS) is 19.3. The monoisotopic (exact) mass is 228 g/mol. The molecular weight excluding hydrogens is 208 g/mol. The summed E-state index contributed by atoms with van der Waals surface area (Å²) in [6.45, 7) is 0. The Balaban J connectivity index is 1.99. The van der Waals surface area contributed by atoms with Crippen molar-refractivity contribution in [3.8, 4) is 0 Å². The molecule has 0 saturated heterocycles. The Bertz CT molecular complexity index is 360. The van der Waals surface area contributed by atoms with Gasteiger partial charge in [0, 0.05) is 5.92 Å². The second kappa shape index (κ2) is 6.39. The predicted octanol–water partition coefficient (Wildman–Crippen LogP) is 4.10. The minimum absolute atomic E-state index is 0.107. The molecular formula is C16H20O. The second-order valence-corrected chi connectivity index (χ2v) is 4.88. The fourth-order valence-corrected chi connectivity index (χ4v) is 2.62. The molecule has 0 spiro atoms. The largest absolute Gasteiger partial charge is 0.303 e. The Hall–Kier alpha value is -1.37. The van der Waals surface area contributed by atoms with Crippen LogP contribution in [0.15, 0.2) is 36.4 Å². The first-order chi connectivity index (χ1) is 8.40. The molecule has 1 aliphatic carbocycles. The van der Waals surface area contributed by atoms with E-state index >= 15 is 0 Å². The quantitative estimate of drug-likeness (QED) is 0.709. The number of carbonyl (C=O) groups is 1. The molecule has 1 aromatic carbocycles. The van der Waals surface area contributed by atoms with E-state index in [1.165, 1.54) is 37.7 Å². The lowest BCUT2D eigenvalue weighted by Gasteiger charge is -2.24. The predicted molar refractivity (Wildman–Crippen MR) is 71.6 cm³/mol. The number of carbonyl (C=O) groups excluding carboxylic acids is 1. The van der Waals surface area contributed by atoms with E-state index in [0.29, 0.717) is 5.92 Å². The Morgan fingerprint density at radius 3 is 2.41 bits per heavy atom. The molecule has 0 aliphatic heterocycles. The zero-order valence-electron chi connectivity index (χ0n) is 10.2. The summed E-state index contributed by atoms with van der Waals surface area (Å²) in [6, 6.07) is 10.2. The summed E-state index contributed by atoms with van der Waals surface area (Å²) in [5, 5.41) is 0. The molecule has 0 unspecified atom stereocenters. The van der Waals surface area contributed by atoms with Crippen molar-refractivity contribution >= 4 is 12.4 Å². The number of allylic oxidation sites excluding steroid dienone is 1. The topological polar surface area (TPSA) is 17.1 Å². The van der Waals surface area contributed by atoms with Crippen molar-refractivity contribution < 1.29 is 4.79 Å². The van der Waals surface area contributed by atoms with Crippen LogP contribution in [0.25, 0.3) is 6.08 Å². The number of rotatable bonds is 4. The molecule has 17 heavy (non-hydrogen) atoms. The van der Waals surface area contributed by atoms with Crippen molar-refractivity contribution in [3.05, 3.63) is 42.0 Å². The minimum Gasteiger partial charge on any atom is -0.303 e. The molecule has 0 N–H and O–H groups in total. The third-order valence-corrected chi connectivity index (χ3v) is 3.66. The molecule has 0 heterocycles. The van der Waals surface area contributed by atoms with Crippen LogP contribution in [0, 0.1) is 11.8 Å². The number of hydrogen-bond donors (Lipinski definition) is 0. The highest BCUT2D eigenvalue weighted by molar-refractivity contribution is 5.61. The van der Waals surface area contributed by atoms with Crippen molar-refractivity contribution in [2.75, 3.05) is 0 Å². The molecule has 0 aromatic heterocycles. The van der Waals surface area contributed by atoms with Crippen LogP contribution in [0.1, 0.15) is 37.7 Å². The van der Waals surface area contributed by atoms with E-state index in [-0.39, 0.29) is 5.92 Å². The van der Waals surface area contributed by atoms with Gasteiger partial charge in [0.1, 0.15) is 6.29 Å². The molecule has 1 heteroatoms. The number of aldehydes is 1. The molecule has 1 aliphatic rings. The van der Waals surface area contributed by atoms with Gasteiger partial charge in [-0.05, 0) is 24.3 Å². The van der Waals surface area contributed by atoms with Gasteiger partial charge in [0.15, 0.2) is 0 Å². The Morgan fingerprint density at radius 1 is 1.06 bits per heavy atom. The van der Waals surface area contributed by atoms with Crippen LogP contribution in [-0.4, -0.2) is 6.29 Å². The molecule has 0 radical (unpaired) electrons. The van der Waals surface area contributed by atoms with Gasteiger partial charge in [0.05, 0.1) is 0 Å². The Morgan fingerprint density at radius 2 is 1.76 bits per heavy atom. The highest BCUT2D eigenvalue weighted by Gasteiger charge is 2.20. The van der Waals surface area contributed by atoms with E-state index in [0.717, 1.165) is 6.29 Å². The number of hydrogen-bond acceptors (Lipinski definition) is 1. The average Bonchev–Trinajstić information content (AvgIpc) is 2.42. The van der Waals surface area contributed by atoms with Gasteiger partial charge in [-0.2, -0.15) is 0 Å². The standard InChI is InChI=1S/C16H20O/c17-13-16(15-9-5-2-6-10-15)12-11-14-7-3-1-4-8-14/h1,3-4,7-8,11-13,15-16H,2,5-6,9-10H2/b12-11+/t16-/m1/s1. The van der Waals surface area contributed by atoms with E-state index < -0.39 is 0 Å². The number of benzene rings is 1. The summed E-state index contributed by atoms with van der Waals surface area (Å²) in [7, 11) is 0. The smallest absolute Gasteiger partial charge is 0.127 e. The zero-order chi connectivity index (χ0) is 11.9. The SMILES string of the molecule is O=C[C@@H](/C=C/c1ccccc1)C1CCCCC1. The van der Waals surface area contributed by atoms with Crippen molar-refractivity contribution in [1.29, 1.82) is 0 Å². The summed E-state index contributed by atoms with van der Waals surface area (Å²) < 4.78 is 0. The lowest BCUT2D eigenvalue weighted by Crippen LogP contribution is -2.17. The Labute approximate surface area is 104 Å². The van der Waals surface area contributed by atoms with Crippen LogP contribution in [0.4, 0.5) is 0 Å². The van der Waals surface area contributed by atoms with Gasteiger partial charge >= 0.3 is 0 Å². The lowest BCUT2D eigenvalue weighted by atomic mass is 9.80. The molecule has 1 aromatic rings. The fourth-order valence-electron chi connectivity index (χ4n) is 2.62. The molecule has 1 nitrogen and oxygen atoms in total. The molecule has 90 valence electrons. The van der Waals surface area contributed by atoms with Gasteiger partial charge in [0.25, 0.3) is 0 Å². The maximum Gasteiger partial charge on any atom is 0.127 e. The molecule has 1 saturated carbocycles. The second-order valence-electron chi connectivity index (χ2n) is 4.88. The summed E-state index contributed by atoms with van der Waals surface area (Å²) in [6.07, 6.45) is 11.6. The van der Waals surface area contributed by atoms with Gasteiger partial charge in [0.2, 0.25) is 0 Å². The maximum atomic E-state index is 11.2. The highest BCUT2D eigenvalue weighted by Crippen LogP contribution is 2.30. The third-order valence-electron chi connectivity index (χ3n) is 3.66. The first kappa shape index (κ1) is 12.1. The van der Waals surface area contributed by atoms with Gasteiger partial charge < -0.3 is 4.79 Å². The van der Waals surface area contributed by atoms with Crippen LogP contribution in [-0.2, 0) is 4.79 Å². The lowest BCUT2D eigenvalue weighted by molar-refractivity contribution is -0.111. The minimum atomic E-state index is 0.107. The third kappa shape index (κ3) is 3.55. The van der Waals surface area contributed by atoms with Crippen LogP contribution in [0.3, 0.4) is 0 Å². The summed E-state index contributed by atoms with van der Waals surface area (Å²) in [4.78, 5) is 11.2. The molecule has 2 rings (SSSR count). The van der Waals surface area contributed by atoms with Crippen LogP contribution in [0.5, 0.6) is 0 Å². The van der Waals surface area contributed by atoms with Gasteiger partial charge in [-0.3, -0.25) is 0 Å². The summed E-state index contributed by atoms with van der Waals surface area (Å²) >= 11 is 0. The summed E-state index contributed by atoms with van der Waals surface area (Å²) in [5.74, 6) is 0.678. The van der Waals surface area contributed by atoms with Crippen molar-refractivity contribution in [3.63, 3.8) is 0 Å². The van der Waals surface area contributed by atoms with Gasteiger partial charge in [-0.1, -0.05) is 61.7 Å². The van der Waals surface area contributed by atoms with E-state index in [2.05, 4.69) is 24.3 Å². The van der Waals surface area contributed by atoms with Crippen LogP contribution < -0.4 is 0 Å². The maximum absolute atomic E-state index is 11.2. The molecule has 0 amide bonds. The van der Waals surface area contributed by atoms with E-state index in [1.54, 1.807) is 0 Å².